The van der Waals surface area contributed by atoms with Gasteiger partial charge in [-0.2, -0.15) is 0 Å². The Bertz CT molecular complexity index is 453. The van der Waals surface area contributed by atoms with E-state index >= 15 is 0 Å². The first-order valence-electron chi connectivity index (χ1n) is 5.83. The molecular weight excluding hydrogens is 236 g/mol. The molecule has 0 saturated carbocycles. The number of hydrogen-bond acceptors (Lipinski definition) is 4. The second kappa shape index (κ2) is 4.86. The van der Waals surface area contributed by atoms with Crippen LogP contribution in [0.2, 0.25) is 0 Å². The Morgan fingerprint density at radius 3 is 2.67 bits per heavy atom. The summed E-state index contributed by atoms with van der Waals surface area (Å²) in [5.41, 5.74) is -0.554. The molecule has 0 saturated heterocycles. The quantitative estimate of drug-likeness (QED) is 0.849. The number of benzene rings is 1. The number of hydrogen-bond donors (Lipinski definition) is 2. The van der Waals surface area contributed by atoms with E-state index in [0.717, 1.165) is 0 Å². The number of aliphatic hydroxyl groups is 1. The zero-order chi connectivity index (χ0) is 13.2. The van der Waals surface area contributed by atoms with Gasteiger partial charge in [-0.3, -0.25) is 4.79 Å². The maximum atomic E-state index is 10.6. The van der Waals surface area contributed by atoms with Crippen LogP contribution in [-0.2, 0) is 10.4 Å². The number of carboxylic acid groups (broad SMARTS) is 1. The molecule has 0 aliphatic carbocycles. The number of aliphatic carboxylic acids is 1. The summed E-state index contributed by atoms with van der Waals surface area (Å²) in [5, 5.41) is 18.9. The van der Waals surface area contributed by atoms with Crippen molar-refractivity contribution < 1.29 is 24.5 Å². The third-order valence-corrected chi connectivity index (χ3v) is 2.99. The van der Waals surface area contributed by atoms with Crippen molar-refractivity contribution in [2.24, 2.45) is 0 Å². The minimum Gasteiger partial charge on any atom is -0.486 e. The van der Waals surface area contributed by atoms with E-state index in [1.54, 1.807) is 25.1 Å². The largest absolute Gasteiger partial charge is 0.486 e. The van der Waals surface area contributed by atoms with Crippen molar-refractivity contribution in [1.82, 2.24) is 0 Å². The summed E-state index contributed by atoms with van der Waals surface area (Å²) in [5.74, 6) is 0.321. The lowest BCUT2D eigenvalue weighted by Crippen LogP contribution is -2.23. The van der Waals surface area contributed by atoms with Crippen LogP contribution in [0, 0.1) is 0 Å². The van der Waals surface area contributed by atoms with Gasteiger partial charge in [0.15, 0.2) is 11.5 Å². The van der Waals surface area contributed by atoms with Crippen LogP contribution in [0.3, 0.4) is 0 Å². The SMILES string of the molecule is CC(O)(CCC(=O)O)c1ccc2c(c1)OCCO2. The summed E-state index contributed by atoms with van der Waals surface area (Å²) in [6.45, 7) is 2.59. The fourth-order valence-electron chi connectivity index (χ4n) is 1.87. The molecule has 0 amide bonds. The van der Waals surface area contributed by atoms with Gasteiger partial charge in [0, 0.05) is 6.42 Å². The number of ether oxygens (including phenoxy) is 2. The van der Waals surface area contributed by atoms with Crippen molar-refractivity contribution in [1.29, 1.82) is 0 Å². The van der Waals surface area contributed by atoms with Gasteiger partial charge in [0.2, 0.25) is 0 Å². The predicted octanol–water partition coefficient (Wildman–Crippen LogP) is 1.53. The Morgan fingerprint density at radius 1 is 1.33 bits per heavy atom. The lowest BCUT2D eigenvalue weighted by molar-refractivity contribution is -0.138. The predicted molar refractivity (Wildman–Crippen MR) is 63.9 cm³/mol. The second-order valence-electron chi connectivity index (χ2n) is 4.53. The van der Waals surface area contributed by atoms with Crippen LogP contribution in [-0.4, -0.2) is 29.4 Å². The topological polar surface area (TPSA) is 76.0 Å². The number of carboxylic acids is 1. The molecular formula is C13H16O5. The van der Waals surface area contributed by atoms with Crippen LogP contribution in [0.25, 0.3) is 0 Å². The molecule has 1 unspecified atom stereocenters. The molecule has 0 bridgehead atoms. The number of rotatable bonds is 4. The number of fused-ring (bicyclic) bond motifs is 1. The Labute approximate surface area is 105 Å². The number of carbonyl (C=O) groups is 1. The molecule has 0 spiro atoms. The maximum Gasteiger partial charge on any atom is 0.303 e. The highest BCUT2D eigenvalue weighted by molar-refractivity contribution is 5.66. The van der Waals surface area contributed by atoms with E-state index in [9.17, 15) is 9.90 Å². The van der Waals surface area contributed by atoms with Crippen LogP contribution >= 0.6 is 0 Å². The Kier molecular flexibility index (Phi) is 3.43. The molecule has 0 aromatic heterocycles. The Hall–Kier alpha value is -1.75. The summed E-state index contributed by atoms with van der Waals surface area (Å²) in [6.07, 6.45) is 0.0728. The molecule has 2 rings (SSSR count). The highest BCUT2D eigenvalue weighted by atomic mass is 16.6. The van der Waals surface area contributed by atoms with Crippen molar-refractivity contribution in [3.8, 4) is 11.5 Å². The molecule has 5 heteroatoms. The lowest BCUT2D eigenvalue weighted by atomic mass is 9.91. The van der Waals surface area contributed by atoms with Crippen molar-refractivity contribution in [2.45, 2.75) is 25.4 Å². The van der Waals surface area contributed by atoms with E-state index < -0.39 is 11.6 Å². The minimum absolute atomic E-state index is 0.0819. The Morgan fingerprint density at radius 2 is 2.00 bits per heavy atom. The summed E-state index contributed by atoms with van der Waals surface area (Å²) in [4.78, 5) is 10.6. The van der Waals surface area contributed by atoms with Crippen molar-refractivity contribution in [3.05, 3.63) is 23.8 Å². The van der Waals surface area contributed by atoms with Gasteiger partial charge in [-0.25, -0.2) is 0 Å². The zero-order valence-corrected chi connectivity index (χ0v) is 10.2. The molecule has 1 aliphatic rings. The van der Waals surface area contributed by atoms with Crippen LogP contribution in [0.15, 0.2) is 18.2 Å². The first-order chi connectivity index (χ1) is 8.49. The van der Waals surface area contributed by atoms with Gasteiger partial charge < -0.3 is 19.7 Å². The first-order valence-corrected chi connectivity index (χ1v) is 5.83. The average Bonchev–Trinajstić information content (AvgIpc) is 2.36. The standard InChI is InChI=1S/C13H16O5/c1-13(16,5-4-12(14)15)9-2-3-10-11(8-9)18-7-6-17-10/h2-3,8,16H,4-7H2,1H3,(H,14,15). The molecule has 1 aliphatic heterocycles. The van der Waals surface area contributed by atoms with E-state index in [1.165, 1.54) is 0 Å². The maximum absolute atomic E-state index is 10.6. The molecule has 18 heavy (non-hydrogen) atoms. The average molecular weight is 252 g/mol. The molecule has 1 aromatic carbocycles. The molecule has 1 heterocycles. The van der Waals surface area contributed by atoms with Gasteiger partial charge in [-0.05, 0) is 31.0 Å². The lowest BCUT2D eigenvalue weighted by Gasteiger charge is -2.25. The Balaban J connectivity index is 2.19. The van der Waals surface area contributed by atoms with Gasteiger partial charge in [-0.1, -0.05) is 6.07 Å². The van der Waals surface area contributed by atoms with E-state index in [-0.39, 0.29) is 12.8 Å². The van der Waals surface area contributed by atoms with Gasteiger partial charge >= 0.3 is 5.97 Å². The fourth-order valence-corrected chi connectivity index (χ4v) is 1.87. The van der Waals surface area contributed by atoms with E-state index in [4.69, 9.17) is 14.6 Å². The smallest absolute Gasteiger partial charge is 0.303 e. The molecule has 1 aromatic rings. The fraction of sp³-hybridized carbons (Fsp3) is 0.462. The van der Waals surface area contributed by atoms with Crippen molar-refractivity contribution in [2.75, 3.05) is 13.2 Å². The van der Waals surface area contributed by atoms with E-state index in [0.29, 0.717) is 30.3 Å². The van der Waals surface area contributed by atoms with E-state index in [1.807, 2.05) is 0 Å². The monoisotopic (exact) mass is 252 g/mol. The van der Waals surface area contributed by atoms with Crippen molar-refractivity contribution >= 4 is 5.97 Å². The van der Waals surface area contributed by atoms with E-state index in [2.05, 4.69) is 0 Å². The summed E-state index contributed by atoms with van der Waals surface area (Å²) < 4.78 is 10.8. The first kappa shape index (κ1) is 12.7. The third kappa shape index (κ3) is 2.73. The minimum atomic E-state index is -1.19. The molecule has 0 radical (unpaired) electrons. The van der Waals surface area contributed by atoms with Gasteiger partial charge in [0.1, 0.15) is 13.2 Å². The van der Waals surface area contributed by atoms with Crippen LogP contribution in [0.5, 0.6) is 11.5 Å². The zero-order valence-electron chi connectivity index (χ0n) is 10.2. The van der Waals surface area contributed by atoms with Gasteiger partial charge in [0.25, 0.3) is 0 Å². The summed E-state index contributed by atoms with van der Waals surface area (Å²) >= 11 is 0. The van der Waals surface area contributed by atoms with Crippen molar-refractivity contribution in [3.63, 3.8) is 0 Å². The van der Waals surface area contributed by atoms with Crippen LogP contribution in [0.4, 0.5) is 0 Å². The van der Waals surface area contributed by atoms with Gasteiger partial charge in [0.05, 0.1) is 5.60 Å². The molecule has 5 nitrogen and oxygen atoms in total. The van der Waals surface area contributed by atoms with Gasteiger partial charge in [-0.15, -0.1) is 0 Å². The summed E-state index contributed by atoms with van der Waals surface area (Å²) in [7, 11) is 0. The third-order valence-electron chi connectivity index (χ3n) is 2.99. The highest BCUT2D eigenvalue weighted by Crippen LogP contribution is 2.35. The van der Waals surface area contributed by atoms with Crippen LogP contribution < -0.4 is 9.47 Å². The molecule has 98 valence electrons. The molecule has 2 N–H and O–H groups in total. The van der Waals surface area contributed by atoms with Crippen LogP contribution in [0.1, 0.15) is 25.3 Å². The highest BCUT2D eigenvalue weighted by Gasteiger charge is 2.26. The molecule has 1 atom stereocenters. The molecule has 0 fully saturated rings. The second-order valence-corrected chi connectivity index (χ2v) is 4.53. The normalized spacial score (nSPS) is 17.0. The summed E-state index contributed by atoms with van der Waals surface area (Å²) in [6, 6.07) is 5.17.